The van der Waals surface area contributed by atoms with Crippen LogP contribution in [0.5, 0.6) is 0 Å². The van der Waals surface area contributed by atoms with Crippen LogP contribution in [0, 0.1) is 5.41 Å². The maximum absolute atomic E-state index is 3.59. The van der Waals surface area contributed by atoms with Gasteiger partial charge in [-0.2, -0.15) is 0 Å². The lowest BCUT2D eigenvalue weighted by atomic mass is 9.90. The van der Waals surface area contributed by atoms with Gasteiger partial charge in [0.25, 0.3) is 0 Å². The molecule has 2 rings (SSSR count). The van der Waals surface area contributed by atoms with Crippen molar-refractivity contribution in [1.29, 1.82) is 0 Å². The summed E-state index contributed by atoms with van der Waals surface area (Å²) in [6, 6.07) is 4.51. The van der Waals surface area contributed by atoms with Gasteiger partial charge in [-0.25, -0.2) is 0 Å². The maximum atomic E-state index is 3.59. The molecule has 1 aliphatic heterocycles. The number of hydrogen-bond donors (Lipinski definition) is 2. The summed E-state index contributed by atoms with van der Waals surface area (Å²) in [5.74, 6) is 0. The van der Waals surface area contributed by atoms with Crippen LogP contribution in [0.1, 0.15) is 30.0 Å². The van der Waals surface area contributed by atoms with Crippen LogP contribution in [0.15, 0.2) is 12.1 Å². The second kappa shape index (κ2) is 5.30. The molecule has 3 heteroatoms. The monoisotopic (exact) mass is 238 g/mol. The van der Waals surface area contributed by atoms with E-state index in [1.54, 1.807) is 0 Å². The van der Waals surface area contributed by atoms with Crippen molar-refractivity contribution < 1.29 is 0 Å². The Morgan fingerprint density at radius 1 is 1.44 bits per heavy atom. The van der Waals surface area contributed by atoms with Crippen LogP contribution in [0.2, 0.25) is 0 Å². The zero-order chi connectivity index (χ0) is 11.4. The van der Waals surface area contributed by atoms with Crippen LogP contribution in [0.3, 0.4) is 0 Å². The van der Waals surface area contributed by atoms with Gasteiger partial charge in [-0.05, 0) is 36.9 Å². The minimum atomic E-state index is 0.463. The van der Waals surface area contributed by atoms with Crippen LogP contribution in [0.25, 0.3) is 0 Å². The lowest BCUT2D eigenvalue weighted by Gasteiger charge is -2.22. The van der Waals surface area contributed by atoms with Gasteiger partial charge in [-0.15, -0.1) is 11.3 Å². The summed E-state index contributed by atoms with van der Waals surface area (Å²) in [4.78, 5) is 2.96. The van der Waals surface area contributed by atoms with Crippen molar-refractivity contribution in [3.05, 3.63) is 21.9 Å². The van der Waals surface area contributed by atoms with Gasteiger partial charge >= 0.3 is 0 Å². The molecule has 1 atom stereocenters. The summed E-state index contributed by atoms with van der Waals surface area (Å²) in [7, 11) is 0. The molecule has 1 unspecified atom stereocenters. The zero-order valence-corrected chi connectivity index (χ0v) is 11.1. The van der Waals surface area contributed by atoms with E-state index >= 15 is 0 Å². The van der Waals surface area contributed by atoms with Crippen molar-refractivity contribution in [2.45, 2.75) is 33.2 Å². The Balaban J connectivity index is 1.75. The topological polar surface area (TPSA) is 24.1 Å². The molecule has 1 fully saturated rings. The minimum Gasteiger partial charge on any atom is -0.316 e. The first-order valence-electron chi connectivity index (χ1n) is 6.21. The quantitative estimate of drug-likeness (QED) is 0.823. The first-order valence-corrected chi connectivity index (χ1v) is 7.02. The molecule has 0 aliphatic carbocycles. The number of thiophene rings is 1. The predicted octanol–water partition coefficient (Wildman–Crippen LogP) is 2.40. The molecule has 2 nitrogen and oxygen atoms in total. The van der Waals surface area contributed by atoms with Crippen LogP contribution in [0.4, 0.5) is 0 Å². The Morgan fingerprint density at radius 3 is 2.88 bits per heavy atom. The van der Waals surface area contributed by atoms with E-state index in [1.165, 1.54) is 22.7 Å². The molecular weight excluding hydrogens is 216 g/mol. The van der Waals surface area contributed by atoms with E-state index in [2.05, 4.69) is 36.6 Å². The number of aryl methyl sites for hydroxylation is 1. The van der Waals surface area contributed by atoms with E-state index in [9.17, 15) is 0 Å². The molecule has 0 bridgehead atoms. The number of nitrogens with one attached hydrogen (secondary N) is 2. The molecule has 2 heterocycles. The fourth-order valence-electron chi connectivity index (χ4n) is 2.21. The van der Waals surface area contributed by atoms with Crippen molar-refractivity contribution in [3.8, 4) is 0 Å². The largest absolute Gasteiger partial charge is 0.316 e. The van der Waals surface area contributed by atoms with E-state index in [0.29, 0.717) is 5.41 Å². The van der Waals surface area contributed by atoms with E-state index in [1.807, 2.05) is 11.3 Å². The second-order valence-electron chi connectivity index (χ2n) is 5.06. The highest BCUT2D eigenvalue weighted by molar-refractivity contribution is 7.11. The zero-order valence-electron chi connectivity index (χ0n) is 10.3. The summed E-state index contributed by atoms with van der Waals surface area (Å²) >= 11 is 1.94. The van der Waals surface area contributed by atoms with Crippen molar-refractivity contribution in [2.75, 3.05) is 19.6 Å². The number of rotatable bonds is 5. The molecular formula is C13H22N2S. The normalized spacial score (nSPS) is 25.1. The smallest absolute Gasteiger partial charge is 0.0300 e. The summed E-state index contributed by atoms with van der Waals surface area (Å²) in [6.45, 7) is 9.07. The van der Waals surface area contributed by atoms with Crippen molar-refractivity contribution in [2.24, 2.45) is 5.41 Å². The van der Waals surface area contributed by atoms with Gasteiger partial charge in [0, 0.05) is 29.4 Å². The molecule has 0 aromatic carbocycles. The van der Waals surface area contributed by atoms with Gasteiger partial charge in [0.1, 0.15) is 0 Å². The standard InChI is InChI=1S/C13H22N2S/c1-3-11-4-5-12(16-11)8-15-10-13(2)6-7-14-9-13/h4-5,14-15H,3,6-10H2,1-2H3. The predicted molar refractivity (Wildman–Crippen MR) is 71.0 cm³/mol. The van der Waals surface area contributed by atoms with Gasteiger partial charge in [0.2, 0.25) is 0 Å². The molecule has 1 aromatic heterocycles. The van der Waals surface area contributed by atoms with Gasteiger partial charge < -0.3 is 10.6 Å². The molecule has 16 heavy (non-hydrogen) atoms. The highest BCUT2D eigenvalue weighted by Gasteiger charge is 2.27. The Bertz CT molecular complexity index is 326. The Hall–Kier alpha value is -0.380. The third kappa shape index (κ3) is 3.06. The minimum absolute atomic E-state index is 0.463. The highest BCUT2D eigenvalue weighted by Crippen LogP contribution is 2.23. The molecule has 1 aliphatic rings. The Kier molecular flexibility index (Phi) is 4.00. The summed E-state index contributed by atoms with van der Waals surface area (Å²) in [5.41, 5.74) is 0.463. The molecule has 0 amide bonds. The van der Waals surface area contributed by atoms with Crippen LogP contribution >= 0.6 is 11.3 Å². The van der Waals surface area contributed by atoms with E-state index in [4.69, 9.17) is 0 Å². The first kappa shape index (κ1) is 12.1. The molecule has 0 spiro atoms. The van der Waals surface area contributed by atoms with E-state index in [-0.39, 0.29) is 0 Å². The van der Waals surface area contributed by atoms with Crippen molar-refractivity contribution >= 4 is 11.3 Å². The van der Waals surface area contributed by atoms with Crippen molar-refractivity contribution in [1.82, 2.24) is 10.6 Å². The molecule has 0 saturated carbocycles. The van der Waals surface area contributed by atoms with Gasteiger partial charge in [0.05, 0.1) is 0 Å². The average Bonchev–Trinajstić information content (AvgIpc) is 2.88. The van der Waals surface area contributed by atoms with Crippen LogP contribution < -0.4 is 10.6 Å². The molecule has 0 radical (unpaired) electrons. The van der Waals surface area contributed by atoms with Crippen LogP contribution in [-0.4, -0.2) is 19.6 Å². The summed E-state index contributed by atoms with van der Waals surface area (Å²) in [5, 5.41) is 7.03. The summed E-state index contributed by atoms with van der Waals surface area (Å²) < 4.78 is 0. The van der Waals surface area contributed by atoms with Gasteiger partial charge in [-0.3, -0.25) is 0 Å². The number of hydrogen-bond acceptors (Lipinski definition) is 3. The van der Waals surface area contributed by atoms with Crippen molar-refractivity contribution in [3.63, 3.8) is 0 Å². The molecule has 90 valence electrons. The lowest BCUT2D eigenvalue weighted by molar-refractivity contribution is 0.340. The molecule has 2 N–H and O–H groups in total. The fraction of sp³-hybridized carbons (Fsp3) is 0.692. The average molecular weight is 238 g/mol. The van der Waals surface area contributed by atoms with Gasteiger partial charge in [-0.1, -0.05) is 13.8 Å². The fourth-order valence-corrected chi connectivity index (χ4v) is 3.14. The van der Waals surface area contributed by atoms with E-state index < -0.39 is 0 Å². The molecule has 1 saturated heterocycles. The third-order valence-corrected chi connectivity index (χ3v) is 4.60. The second-order valence-corrected chi connectivity index (χ2v) is 6.32. The Labute approximate surface area is 102 Å². The third-order valence-electron chi connectivity index (χ3n) is 3.37. The Morgan fingerprint density at radius 2 is 2.25 bits per heavy atom. The lowest BCUT2D eigenvalue weighted by Crippen LogP contribution is -2.33. The van der Waals surface area contributed by atoms with E-state index in [0.717, 1.165) is 26.1 Å². The first-order chi connectivity index (χ1) is 7.72. The summed E-state index contributed by atoms with van der Waals surface area (Å²) in [6.07, 6.45) is 2.46. The van der Waals surface area contributed by atoms with Crippen LogP contribution in [-0.2, 0) is 13.0 Å². The molecule has 1 aromatic rings. The highest BCUT2D eigenvalue weighted by atomic mass is 32.1. The SMILES string of the molecule is CCc1ccc(CNCC2(C)CCNC2)s1. The maximum Gasteiger partial charge on any atom is 0.0300 e. The van der Waals surface area contributed by atoms with Gasteiger partial charge in [0.15, 0.2) is 0 Å².